The maximum atomic E-state index is 12.8. The Kier molecular flexibility index (Phi) is 4.67. The number of benzene rings is 2. The molecule has 0 aliphatic heterocycles. The van der Waals surface area contributed by atoms with Crippen LogP contribution in [0.4, 0.5) is 0 Å². The Balaban J connectivity index is 2.07. The number of fused-ring (bicyclic) bond motifs is 1. The van der Waals surface area contributed by atoms with E-state index >= 15 is 0 Å². The molecule has 0 unspecified atom stereocenters. The molecule has 2 aromatic carbocycles. The molecule has 0 saturated heterocycles. The Morgan fingerprint density at radius 1 is 1.24 bits per heavy atom. The Hall–Kier alpha value is -3.32. The van der Waals surface area contributed by atoms with Gasteiger partial charge in [-0.3, -0.25) is 4.79 Å². The van der Waals surface area contributed by atoms with Crippen LogP contribution in [0.25, 0.3) is 17.0 Å². The van der Waals surface area contributed by atoms with Crippen LogP contribution in [-0.4, -0.2) is 17.9 Å². The first-order valence-electron chi connectivity index (χ1n) is 8.08. The summed E-state index contributed by atoms with van der Waals surface area (Å²) in [6.45, 7) is 2.09. The number of ether oxygens (including phenoxy) is 1. The number of aromatic nitrogens is 1. The number of ketones is 1. The molecular weight excluding hydrogens is 312 g/mol. The first kappa shape index (κ1) is 16.5. The van der Waals surface area contributed by atoms with Gasteiger partial charge in [0.2, 0.25) is 5.78 Å². The highest BCUT2D eigenvalue weighted by atomic mass is 16.5. The molecule has 0 bridgehead atoms. The van der Waals surface area contributed by atoms with Gasteiger partial charge in [0.25, 0.3) is 0 Å². The van der Waals surface area contributed by atoms with Gasteiger partial charge in [-0.25, -0.2) is 0 Å². The number of allylic oxidation sites excluding steroid dienone is 1. The van der Waals surface area contributed by atoms with E-state index < -0.39 is 0 Å². The van der Waals surface area contributed by atoms with Crippen LogP contribution < -0.4 is 4.74 Å². The van der Waals surface area contributed by atoms with Gasteiger partial charge >= 0.3 is 0 Å². The van der Waals surface area contributed by atoms with Gasteiger partial charge in [0.1, 0.15) is 17.4 Å². The van der Waals surface area contributed by atoms with Gasteiger partial charge in [0, 0.05) is 22.7 Å². The normalized spacial score (nSPS) is 11.3. The van der Waals surface area contributed by atoms with Gasteiger partial charge < -0.3 is 9.72 Å². The van der Waals surface area contributed by atoms with Gasteiger partial charge in [-0.15, -0.1) is 0 Å². The van der Waals surface area contributed by atoms with Crippen molar-refractivity contribution in [3.05, 3.63) is 70.9 Å². The van der Waals surface area contributed by atoms with Crippen LogP contribution >= 0.6 is 0 Å². The molecule has 0 aliphatic carbocycles. The molecule has 25 heavy (non-hydrogen) atoms. The minimum atomic E-state index is -0.346. The number of hydrogen-bond acceptors (Lipinski definition) is 3. The van der Waals surface area contributed by atoms with Crippen molar-refractivity contribution in [2.45, 2.75) is 13.3 Å². The van der Waals surface area contributed by atoms with Crippen LogP contribution in [0.15, 0.2) is 54.2 Å². The number of carbonyl (C=O) groups is 1. The van der Waals surface area contributed by atoms with E-state index in [2.05, 4.69) is 18.0 Å². The number of carbonyl (C=O) groups excluding carboxylic acids is 1. The van der Waals surface area contributed by atoms with Gasteiger partial charge in [-0.05, 0) is 30.2 Å². The number of rotatable bonds is 5. The zero-order chi connectivity index (χ0) is 17.8. The second kappa shape index (κ2) is 7.06. The zero-order valence-electron chi connectivity index (χ0n) is 14.2. The monoisotopic (exact) mass is 330 g/mol. The first-order chi connectivity index (χ1) is 12.2. The van der Waals surface area contributed by atoms with Crippen LogP contribution in [0, 0.1) is 11.3 Å². The fraction of sp³-hybridized carbons (Fsp3) is 0.143. The molecule has 3 aromatic rings. The molecule has 3 rings (SSSR count). The summed E-state index contributed by atoms with van der Waals surface area (Å²) in [6, 6.07) is 15.0. The van der Waals surface area contributed by atoms with Crippen molar-refractivity contribution in [2.24, 2.45) is 0 Å². The molecule has 124 valence electrons. The third-order valence-corrected chi connectivity index (χ3v) is 4.23. The molecule has 1 aromatic heterocycles. The van der Waals surface area contributed by atoms with Crippen LogP contribution in [0.2, 0.25) is 0 Å². The predicted molar refractivity (Wildman–Crippen MR) is 98.6 cm³/mol. The lowest BCUT2D eigenvalue weighted by molar-refractivity contribution is 0.103. The molecule has 0 amide bonds. The first-order valence-corrected chi connectivity index (χ1v) is 8.08. The molecule has 4 heteroatoms. The average molecular weight is 330 g/mol. The third kappa shape index (κ3) is 3.05. The van der Waals surface area contributed by atoms with E-state index in [9.17, 15) is 10.1 Å². The van der Waals surface area contributed by atoms with E-state index in [0.717, 1.165) is 22.9 Å². The van der Waals surface area contributed by atoms with Gasteiger partial charge in [0.05, 0.1) is 12.7 Å². The number of hydrogen-bond donors (Lipinski definition) is 1. The van der Waals surface area contributed by atoms with Crippen LogP contribution in [-0.2, 0) is 6.42 Å². The maximum Gasteiger partial charge on any atom is 0.207 e. The molecule has 0 fully saturated rings. The molecule has 1 heterocycles. The van der Waals surface area contributed by atoms with Crippen molar-refractivity contribution in [3.8, 4) is 11.8 Å². The minimum absolute atomic E-state index is 0.0762. The minimum Gasteiger partial charge on any atom is -0.496 e. The summed E-state index contributed by atoms with van der Waals surface area (Å²) in [5.74, 6) is 0.113. The van der Waals surface area contributed by atoms with Crippen molar-refractivity contribution in [2.75, 3.05) is 7.11 Å². The van der Waals surface area contributed by atoms with Gasteiger partial charge in [-0.2, -0.15) is 5.26 Å². The van der Waals surface area contributed by atoms with Gasteiger partial charge in [-0.1, -0.05) is 37.3 Å². The molecule has 0 aliphatic rings. The summed E-state index contributed by atoms with van der Waals surface area (Å²) in [4.78, 5) is 16.0. The highest BCUT2D eigenvalue weighted by molar-refractivity contribution is 6.16. The Morgan fingerprint density at radius 3 is 2.76 bits per heavy atom. The lowest BCUT2D eigenvalue weighted by Crippen LogP contribution is -2.04. The number of H-pyrrole nitrogens is 1. The second-order valence-electron chi connectivity index (χ2n) is 5.64. The van der Waals surface area contributed by atoms with Crippen molar-refractivity contribution >= 4 is 22.8 Å². The van der Waals surface area contributed by atoms with Crippen molar-refractivity contribution in [1.29, 1.82) is 5.26 Å². The number of methoxy groups -OCH3 is 1. The highest BCUT2D eigenvalue weighted by Crippen LogP contribution is 2.26. The molecule has 1 N–H and O–H groups in total. The summed E-state index contributed by atoms with van der Waals surface area (Å²) >= 11 is 0. The Labute approximate surface area is 146 Å². The van der Waals surface area contributed by atoms with Crippen LogP contribution in [0.3, 0.4) is 0 Å². The summed E-state index contributed by atoms with van der Waals surface area (Å²) in [6.07, 6.45) is 4.37. The van der Waals surface area contributed by atoms with Crippen molar-refractivity contribution in [1.82, 2.24) is 4.98 Å². The zero-order valence-corrected chi connectivity index (χ0v) is 14.2. The number of nitrogens with one attached hydrogen (secondary N) is 1. The quantitative estimate of drug-likeness (QED) is 0.424. The van der Waals surface area contributed by atoms with Crippen molar-refractivity contribution in [3.63, 3.8) is 0 Å². The lowest BCUT2D eigenvalue weighted by atomic mass is 10.00. The molecular formula is C21H18N2O2. The SMILES string of the molecule is CCc1cccc2c(/C=C(\C#N)C(=O)c3ccccc3OC)c[nH]c12. The van der Waals surface area contributed by atoms with E-state index in [0.29, 0.717) is 11.3 Å². The number of aryl methyl sites for hydroxylation is 1. The maximum absolute atomic E-state index is 12.8. The number of nitrogens with zero attached hydrogens (tertiary/aromatic N) is 1. The van der Waals surface area contributed by atoms with Crippen LogP contribution in [0.1, 0.15) is 28.4 Å². The summed E-state index contributed by atoms with van der Waals surface area (Å²) < 4.78 is 5.23. The largest absolute Gasteiger partial charge is 0.496 e. The number of Topliss-reactive ketones (excluding diaryl/α,β-unsaturated/α-hetero) is 1. The lowest BCUT2D eigenvalue weighted by Gasteiger charge is -2.06. The average Bonchev–Trinajstić information content (AvgIpc) is 3.08. The fourth-order valence-corrected chi connectivity index (χ4v) is 2.93. The van der Waals surface area contributed by atoms with Crippen LogP contribution in [0.5, 0.6) is 5.75 Å². The molecule has 0 spiro atoms. The number of nitriles is 1. The molecule has 0 saturated carbocycles. The molecule has 0 radical (unpaired) electrons. The van der Waals surface area contributed by atoms with E-state index in [-0.39, 0.29) is 11.4 Å². The Morgan fingerprint density at radius 2 is 2.04 bits per heavy atom. The van der Waals surface area contributed by atoms with E-state index in [4.69, 9.17) is 4.74 Å². The van der Waals surface area contributed by atoms with E-state index in [1.807, 2.05) is 24.4 Å². The van der Waals surface area contributed by atoms with E-state index in [1.165, 1.54) is 12.7 Å². The van der Waals surface area contributed by atoms with Crippen molar-refractivity contribution < 1.29 is 9.53 Å². The van der Waals surface area contributed by atoms with E-state index in [1.54, 1.807) is 30.3 Å². The molecule has 0 atom stereocenters. The third-order valence-electron chi connectivity index (χ3n) is 4.23. The van der Waals surface area contributed by atoms with Gasteiger partial charge in [0.15, 0.2) is 0 Å². The Bertz CT molecular complexity index is 1010. The fourth-order valence-electron chi connectivity index (χ4n) is 2.93. The topological polar surface area (TPSA) is 65.9 Å². The number of para-hydroxylation sites is 2. The summed E-state index contributed by atoms with van der Waals surface area (Å²) in [5, 5.41) is 10.5. The summed E-state index contributed by atoms with van der Waals surface area (Å²) in [7, 11) is 1.51. The second-order valence-corrected chi connectivity index (χ2v) is 5.64. The molecule has 4 nitrogen and oxygen atoms in total. The standard InChI is InChI=1S/C21H18N2O2/c1-3-14-7-6-9-17-16(13-23-20(14)17)11-15(12-22)21(24)18-8-4-5-10-19(18)25-2/h4-11,13,23H,3H2,1-2H3/b15-11+. The summed E-state index contributed by atoms with van der Waals surface area (Å²) in [5.41, 5.74) is 3.52. The number of aromatic amines is 1. The smallest absolute Gasteiger partial charge is 0.207 e. The predicted octanol–water partition coefficient (Wildman–Crippen LogP) is 4.53. The highest BCUT2D eigenvalue weighted by Gasteiger charge is 2.17.